The van der Waals surface area contributed by atoms with Crippen molar-refractivity contribution in [2.75, 3.05) is 10.2 Å². The van der Waals surface area contributed by atoms with E-state index in [0.717, 1.165) is 16.4 Å². The summed E-state index contributed by atoms with van der Waals surface area (Å²) in [4.78, 5) is 15.9. The number of carbonyl (C=O) groups is 1. The Hall–Kier alpha value is -2.38. The van der Waals surface area contributed by atoms with Crippen LogP contribution in [0.1, 0.15) is 11.9 Å². The molecule has 0 bridgehead atoms. The van der Waals surface area contributed by atoms with Crippen molar-refractivity contribution in [2.24, 2.45) is 0 Å². The summed E-state index contributed by atoms with van der Waals surface area (Å²) < 4.78 is 0. The van der Waals surface area contributed by atoms with Gasteiger partial charge in [-0.05, 0) is 24.3 Å². The van der Waals surface area contributed by atoms with Crippen molar-refractivity contribution in [1.29, 1.82) is 0 Å². The summed E-state index contributed by atoms with van der Waals surface area (Å²) in [6.45, 7) is 2.08. The van der Waals surface area contributed by atoms with Crippen LogP contribution in [-0.2, 0) is 11.3 Å². The average Bonchev–Trinajstić information content (AvgIpc) is 3.01. The molecule has 2 aromatic carbocycles. The molecular weight excluding hydrogens is 340 g/mol. The topological polar surface area (TPSA) is 58.1 Å². The molecule has 1 aliphatic rings. The van der Waals surface area contributed by atoms with Gasteiger partial charge in [0.05, 0.1) is 17.9 Å². The highest BCUT2D eigenvalue weighted by atomic mass is 32.2. The number of aromatic nitrogens is 2. The number of anilines is 3. The smallest absolute Gasteiger partial charge is 0.223 e. The lowest BCUT2D eigenvalue weighted by Gasteiger charge is -2.31. The second kappa shape index (κ2) is 6.26. The molecular formula is C17H14N4OS2. The number of amides is 1. The number of para-hydroxylation sites is 2. The number of hydrogen-bond donors (Lipinski definition) is 1. The molecule has 0 aliphatic carbocycles. The summed E-state index contributed by atoms with van der Waals surface area (Å²) >= 11 is 3.18. The SMILES string of the molecule is CC(=O)Nc1nnc(CN2c3ccccc3Sc3ccccc32)s1. The van der Waals surface area contributed by atoms with Gasteiger partial charge in [0.15, 0.2) is 0 Å². The first-order valence-electron chi connectivity index (χ1n) is 7.44. The van der Waals surface area contributed by atoms with Gasteiger partial charge in [-0.25, -0.2) is 0 Å². The van der Waals surface area contributed by atoms with E-state index in [9.17, 15) is 4.79 Å². The zero-order valence-electron chi connectivity index (χ0n) is 12.9. The number of fused-ring (bicyclic) bond motifs is 2. The van der Waals surface area contributed by atoms with Crippen LogP contribution in [0.25, 0.3) is 0 Å². The predicted octanol–water partition coefficient (Wildman–Crippen LogP) is 4.30. The van der Waals surface area contributed by atoms with Crippen molar-refractivity contribution >= 4 is 45.5 Å². The van der Waals surface area contributed by atoms with Crippen LogP contribution < -0.4 is 10.2 Å². The largest absolute Gasteiger partial charge is 0.333 e. The standard InChI is InChI=1S/C17H14N4OS2/c1-11(22)18-17-20-19-16(24-17)10-21-12-6-2-4-8-14(12)23-15-9-5-3-7-13(15)21/h2-9H,10H2,1H3,(H,18,20,22). The van der Waals surface area contributed by atoms with Crippen molar-refractivity contribution in [3.05, 3.63) is 53.5 Å². The fourth-order valence-corrected chi connectivity index (χ4v) is 4.48. The molecule has 0 unspecified atom stereocenters. The van der Waals surface area contributed by atoms with Crippen LogP contribution in [0.5, 0.6) is 0 Å². The van der Waals surface area contributed by atoms with E-state index in [4.69, 9.17) is 0 Å². The molecule has 0 saturated heterocycles. The number of carbonyl (C=O) groups excluding carboxylic acids is 1. The van der Waals surface area contributed by atoms with Crippen LogP contribution in [0, 0.1) is 0 Å². The molecule has 1 N–H and O–H groups in total. The monoisotopic (exact) mass is 354 g/mol. The minimum Gasteiger partial charge on any atom is -0.333 e. The summed E-state index contributed by atoms with van der Waals surface area (Å²) in [5.74, 6) is -0.136. The Bertz CT molecular complexity index is 863. The molecule has 2 heterocycles. The van der Waals surface area contributed by atoms with Crippen molar-refractivity contribution < 1.29 is 4.79 Å². The van der Waals surface area contributed by atoms with Crippen molar-refractivity contribution in [3.63, 3.8) is 0 Å². The number of nitrogens with zero attached hydrogens (tertiary/aromatic N) is 3. The fraction of sp³-hybridized carbons (Fsp3) is 0.118. The van der Waals surface area contributed by atoms with Crippen LogP contribution in [0.4, 0.5) is 16.5 Å². The third-order valence-electron chi connectivity index (χ3n) is 3.58. The summed E-state index contributed by atoms with van der Waals surface area (Å²) in [5, 5.41) is 12.3. The first-order chi connectivity index (χ1) is 11.7. The van der Waals surface area contributed by atoms with E-state index in [1.807, 2.05) is 12.1 Å². The number of hydrogen-bond acceptors (Lipinski definition) is 6. The van der Waals surface area contributed by atoms with Crippen molar-refractivity contribution in [3.8, 4) is 0 Å². The van der Waals surface area contributed by atoms with Crippen LogP contribution in [-0.4, -0.2) is 16.1 Å². The lowest BCUT2D eigenvalue weighted by Crippen LogP contribution is -2.20. The normalized spacial score (nSPS) is 12.5. The van der Waals surface area contributed by atoms with Crippen molar-refractivity contribution in [1.82, 2.24) is 10.2 Å². The van der Waals surface area contributed by atoms with E-state index in [1.165, 1.54) is 28.1 Å². The highest BCUT2D eigenvalue weighted by Crippen LogP contribution is 2.48. The third kappa shape index (κ3) is 2.88. The van der Waals surface area contributed by atoms with Gasteiger partial charge in [0.2, 0.25) is 11.0 Å². The Balaban J connectivity index is 1.70. The maximum Gasteiger partial charge on any atom is 0.223 e. The van der Waals surface area contributed by atoms with Crippen LogP contribution in [0.3, 0.4) is 0 Å². The highest BCUT2D eigenvalue weighted by Gasteiger charge is 2.24. The molecule has 0 radical (unpaired) electrons. The number of rotatable bonds is 3. The Morgan fingerprint density at radius 3 is 2.29 bits per heavy atom. The molecule has 0 fully saturated rings. The molecule has 0 atom stereocenters. The van der Waals surface area contributed by atoms with Gasteiger partial charge in [-0.15, -0.1) is 10.2 Å². The van der Waals surface area contributed by atoms with Gasteiger partial charge in [0, 0.05) is 16.7 Å². The molecule has 1 aromatic heterocycles. The first kappa shape index (κ1) is 15.2. The molecule has 1 aliphatic heterocycles. The predicted molar refractivity (Wildman–Crippen MR) is 97.1 cm³/mol. The Morgan fingerprint density at radius 2 is 1.67 bits per heavy atom. The quantitative estimate of drug-likeness (QED) is 0.760. The van der Waals surface area contributed by atoms with Gasteiger partial charge in [-0.3, -0.25) is 4.79 Å². The number of nitrogens with one attached hydrogen (secondary N) is 1. The molecule has 4 rings (SSSR count). The van der Waals surface area contributed by atoms with Gasteiger partial charge in [0.25, 0.3) is 0 Å². The summed E-state index contributed by atoms with van der Waals surface area (Å²) in [7, 11) is 0. The van der Waals surface area contributed by atoms with E-state index >= 15 is 0 Å². The van der Waals surface area contributed by atoms with E-state index in [1.54, 1.807) is 11.8 Å². The summed E-state index contributed by atoms with van der Waals surface area (Å²) in [6.07, 6.45) is 0. The van der Waals surface area contributed by atoms with Crippen LogP contribution >= 0.6 is 23.1 Å². The highest BCUT2D eigenvalue weighted by molar-refractivity contribution is 7.99. The van der Waals surface area contributed by atoms with Crippen LogP contribution in [0.15, 0.2) is 58.3 Å². The summed E-state index contributed by atoms with van der Waals surface area (Å²) in [6, 6.07) is 16.7. The molecule has 1 amide bonds. The van der Waals surface area contributed by atoms with Crippen molar-refractivity contribution in [2.45, 2.75) is 23.3 Å². The maximum atomic E-state index is 11.2. The number of benzene rings is 2. The van der Waals surface area contributed by atoms with E-state index in [0.29, 0.717) is 11.7 Å². The summed E-state index contributed by atoms with van der Waals surface area (Å²) in [5.41, 5.74) is 2.33. The van der Waals surface area contributed by atoms with Crippen LogP contribution in [0.2, 0.25) is 0 Å². The second-order valence-electron chi connectivity index (χ2n) is 5.31. The van der Waals surface area contributed by atoms with Gasteiger partial charge >= 0.3 is 0 Å². The van der Waals surface area contributed by atoms with E-state index < -0.39 is 0 Å². The second-order valence-corrected chi connectivity index (χ2v) is 7.45. The minimum atomic E-state index is -0.136. The van der Waals surface area contributed by atoms with Gasteiger partial charge in [-0.1, -0.05) is 47.4 Å². The molecule has 3 aromatic rings. The molecule has 0 spiro atoms. The Labute approximate surface area is 147 Å². The van der Waals surface area contributed by atoms with E-state index in [-0.39, 0.29) is 5.91 Å². The zero-order chi connectivity index (χ0) is 16.5. The first-order valence-corrected chi connectivity index (χ1v) is 9.07. The average molecular weight is 354 g/mol. The fourth-order valence-electron chi connectivity index (χ4n) is 2.61. The molecule has 5 nitrogen and oxygen atoms in total. The molecule has 7 heteroatoms. The Morgan fingerprint density at radius 1 is 1.04 bits per heavy atom. The molecule has 0 saturated carbocycles. The zero-order valence-corrected chi connectivity index (χ0v) is 14.5. The lowest BCUT2D eigenvalue weighted by atomic mass is 10.2. The van der Waals surface area contributed by atoms with Gasteiger partial charge in [0.1, 0.15) is 5.01 Å². The third-order valence-corrected chi connectivity index (χ3v) is 5.53. The molecule has 120 valence electrons. The van der Waals surface area contributed by atoms with Gasteiger partial charge in [-0.2, -0.15) is 0 Å². The Kier molecular flexibility index (Phi) is 3.95. The lowest BCUT2D eigenvalue weighted by molar-refractivity contribution is -0.114. The van der Waals surface area contributed by atoms with Gasteiger partial charge < -0.3 is 10.2 Å². The van der Waals surface area contributed by atoms with E-state index in [2.05, 4.69) is 56.8 Å². The molecule has 24 heavy (non-hydrogen) atoms. The maximum absolute atomic E-state index is 11.2. The minimum absolute atomic E-state index is 0.136.